The highest BCUT2D eigenvalue weighted by Gasteiger charge is 2.21. The van der Waals surface area contributed by atoms with E-state index in [1.54, 1.807) is 0 Å². The second-order valence-electron chi connectivity index (χ2n) is 4.49. The molecule has 1 aliphatic heterocycles. The van der Waals surface area contributed by atoms with Crippen LogP contribution in [0.3, 0.4) is 0 Å². The minimum absolute atomic E-state index is 0.00220. The van der Waals surface area contributed by atoms with Crippen molar-refractivity contribution in [1.29, 1.82) is 0 Å². The van der Waals surface area contributed by atoms with Gasteiger partial charge in [-0.15, -0.1) is 0 Å². The van der Waals surface area contributed by atoms with Crippen molar-refractivity contribution >= 4 is 17.6 Å². The Balaban J connectivity index is 2.06. The highest BCUT2D eigenvalue weighted by Crippen LogP contribution is 2.17. The van der Waals surface area contributed by atoms with E-state index in [0.717, 1.165) is 31.9 Å². The third-order valence-corrected chi connectivity index (χ3v) is 3.10. The van der Waals surface area contributed by atoms with Crippen LogP contribution >= 0.6 is 0 Å². The number of hydrogen-bond donors (Lipinski definition) is 3. The molecule has 1 fully saturated rings. The SMILES string of the molecule is O=C(O)c1ccc(NC(=O)C2CCCCN2)c(F)c1. The highest BCUT2D eigenvalue weighted by molar-refractivity contribution is 5.95. The van der Waals surface area contributed by atoms with Crippen LogP contribution < -0.4 is 10.6 Å². The number of halogens is 1. The Hall–Kier alpha value is -1.95. The van der Waals surface area contributed by atoms with Crippen LogP contribution in [0.1, 0.15) is 29.6 Å². The molecule has 102 valence electrons. The summed E-state index contributed by atoms with van der Waals surface area (Å²) in [6.07, 6.45) is 2.72. The van der Waals surface area contributed by atoms with Crippen molar-refractivity contribution in [3.63, 3.8) is 0 Å². The van der Waals surface area contributed by atoms with Crippen molar-refractivity contribution in [3.05, 3.63) is 29.6 Å². The van der Waals surface area contributed by atoms with E-state index in [4.69, 9.17) is 5.11 Å². The van der Waals surface area contributed by atoms with Crippen LogP contribution in [0.4, 0.5) is 10.1 Å². The smallest absolute Gasteiger partial charge is 0.335 e. The van der Waals surface area contributed by atoms with Gasteiger partial charge in [0, 0.05) is 0 Å². The molecular weight excluding hydrogens is 251 g/mol. The van der Waals surface area contributed by atoms with E-state index in [1.807, 2.05) is 0 Å². The van der Waals surface area contributed by atoms with Gasteiger partial charge in [0.15, 0.2) is 0 Å². The third-order valence-electron chi connectivity index (χ3n) is 3.10. The minimum atomic E-state index is -1.20. The van der Waals surface area contributed by atoms with E-state index >= 15 is 0 Å². The molecule has 19 heavy (non-hydrogen) atoms. The number of carboxylic acids is 1. The van der Waals surface area contributed by atoms with E-state index in [2.05, 4.69) is 10.6 Å². The van der Waals surface area contributed by atoms with Crippen LogP contribution in [0.15, 0.2) is 18.2 Å². The molecule has 0 bridgehead atoms. The molecule has 2 rings (SSSR count). The van der Waals surface area contributed by atoms with Crippen molar-refractivity contribution in [2.45, 2.75) is 25.3 Å². The van der Waals surface area contributed by atoms with Crippen LogP contribution in [-0.2, 0) is 4.79 Å². The standard InChI is InChI=1S/C13H15FN2O3/c14-9-7-8(13(18)19)4-5-10(9)16-12(17)11-3-1-2-6-15-11/h4-5,7,11,15H,1-3,6H2,(H,16,17)(H,18,19). The van der Waals surface area contributed by atoms with Crippen molar-refractivity contribution in [3.8, 4) is 0 Å². The first-order valence-electron chi connectivity index (χ1n) is 6.15. The lowest BCUT2D eigenvalue weighted by atomic mass is 10.0. The van der Waals surface area contributed by atoms with Gasteiger partial charge < -0.3 is 15.7 Å². The summed E-state index contributed by atoms with van der Waals surface area (Å²) in [6, 6.07) is 3.11. The largest absolute Gasteiger partial charge is 0.478 e. The normalized spacial score (nSPS) is 18.9. The topological polar surface area (TPSA) is 78.4 Å². The average molecular weight is 266 g/mol. The summed E-state index contributed by atoms with van der Waals surface area (Å²) in [5, 5.41) is 14.3. The number of anilines is 1. The second-order valence-corrected chi connectivity index (χ2v) is 4.49. The fraction of sp³-hybridized carbons (Fsp3) is 0.385. The number of carbonyl (C=O) groups excluding carboxylic acids is 1. The molecule has 5 nitrogen and oxygen atoms in total. The van der Waals surface area contributed by atoms with Crippen molar-refractivity contribution in [2.24, 2.45) is 0 Å². The predicted molar refractivity (Wildman–Crippen MR) is 67.6 cm³/mol. The minimum Gasteiger partial charge on any atom is -0.478 e. The number of nitrogens with one attached hydrogen (secondary N) is 2. The molecule has 0 radical (unpaired) electrons. The molecule has 1 amide bonds. The zero-order valence-corrected chi connectivity index (χ0v) is 10.3. The predicted octanol–water partition coefficient (Wildman–Crippen LogP) is 1.60. The molecule has 1 saturated heterocycles. The van der Waals surface area contributed by atoms with Crippen LogP contribution in [0.25, 0.3) is 0 Å². The number of aromatic carboxylic acids is 1. The van der Waals surface area contributed by atoms with E-state index in [9.17, 15) is 14.0 Å². The zero-order chi connectivity index (χ0) is 13.8. The highest BCUT2D eigenvalue weighted by atomic mass is 19.1. The molecule has 3 N–H and O–H groups in total. The van der Waals surface area contributed by atoms with Gasteiger partial charge >= 0.3 is 5.97 Å². The van der Waals surface area contributed by atoms with Crippen LogP contribution in [0, 0.1) is 5.82 Å². The molecule has 0 saturated carbocycles. The summed E-state index contributed by atoms with van der Waals surface area (Å²) >= 11 is 0. The maximum Gasteiger partial charge on any atom is 0.335 e. The van der Waals surface area contributed by atoms with Gasteiger partial charge in [0.1, 0.15) is 5.82 Å². The maximum atomic E-state index is 13.6. The Morgan fingerprint density at radius 3 is 2.74 bits per heavy atom. The number of hydrogen-bond acceptors (Lipinski definition) is 3. The summed E-state index contributed by atoms with van der Waals surface area (Å²) in [6.45, 7) is 0.776. The molecule has 1 aliphatic rings. The lowest BCUT2D eigenvalue weighted by Crippen LogP contribution is -2.43. The molecule has 1 unspecified atom stereocenters. The number of amides is 1. The number of rotatable bonds is 3. The molecule has 1 aromatic rings. The Kier molecular flexibility index (Phi) is 4.11. The number of benzene rings is 1. The van der Waals surface area contributed by atoms with Gasteiger partial charge in [-0.25, -0.2) is 9.18 Å². The van der Waals surface area contributed by atoms with Gasteiger partial charge in [0.25, 0.3) is 0 Å². The summed E-state index contributed by atoms with van der Waals surface area (Å²) < 4.78 is 13.6. The van der Waals surface area contributed by atoms with E-state index in [-0.39, 0.29) is 23.2 Å². The monoisotopic (exact) mass is 266 g/mol. The molecule has 1 aromatic carbocycles. The Morgan fingerprint density at radius 1 is 1.37 bits per heavy atom. The van der Waals surface area contributed by atoms with E-state index in [1.165, 1.54) is 12.1 Å². The summed E-state index contributed by atoms with van der Waals surface area (Å²) in [7, 11) is 0. The fourth-order valence-electron chi connectivity index (χ4n) is 2.04. The zero-order valence-electron chi connectivity index (χ0n) is 10.3. The number of piperidine rings is 1. The van der Waals surface area contributed by atoms with Crippen molar-refractivity contribution < 1.29 is 19.1 Å². The molecule has 0 aliphatic carbocycles. The lowest BCUT2D eigenvalue weighted by Gasteiger charge is -2.22. The van der Waals surface area contributed by atoms with E-state index in [0.29, 0.717) is 0 Å². The Morgan fingerprint density at radius 2 is 2.16 bits per heavy atom. The molecule has 1 heterocycles. The molecule has 6 heteroatoms. The van der Waals surface area contributed by atoms with Crippen molar-refractivity contribution in [1.82, 2.24) is 5.32 Å². The Labute approximate surface area is 109 Å². The quantitative estimate of drug-likeness (QED) is 0.776. The van der Waals surface area contributed by atoms with Gasteiger partial charge in [0.2, 0.25) is 5.91 Å². The van der Waals surface area contributed by atoms with Gasteiger partial charge in [-0.2, -0.15) is 0 Å². The van der Waals surface area contributed by atoms with Gasteiger partial charge in [-0.3, -0.25) is 4.79 Å². The van der Waals surface area contributed by atoms with Gasteiger partial charge in [0.05, 0.1) is 17.3 Å². The van der Waals surface area contributed by atoms with Gasteiger partial charge in [-0.05, 0) is 37.6 Å². The summed E-state index contributed by atoms with van der Waals surface area (Å²) in [4.78, 5) is 22.6. The first-order valence-corrected chi connectivity index (χ1v) is 6.15. The van der Waals surface area contributed by atoms with Crippen molar-refractivity contribution in [2.75, 3.05) is 11.9 Å². The van der Waals surface area contributed by atoms with E-state index < -0.39 is 11.8 Å². The summed E-state index contributed by atoms with van der Waals surface area (Å²) in [5.41, 5.74) is -0.145. The average Bonchev–Trinajstić information content (AvgIpc) is 2.41. The number of carbonyl (C=O) groups is 2. The first-order chi connectivity index (χ1) is 9.08. The van der Waals surface area contributed by atoms with Crippen LogP contribution in [0.5, 0.6) is 0 Å². The maximum absolute atomic E-state index is 13.6. The fourth-order valence-corrected chi connectivity index (χ4v) is 2.04. The number of carboxylic acid groups (broad SMARTS) is 1. The van der Waals surface area contributed by atoms with Crippen LogP contribution in [0.2, 0.25) is 0 Å². The molecular formula is C13H15FN2O3. The second kappa shape index (κ2) is 5.79. The first kappa shape index (κ1) is 13.5. The summed E-state index contributed by atoms with van der Waals surface area (Å²) in [5.74, 6) is -2.24. The van der Waals surface area contributed by atoms with Crippen LogP contribution in [-0.4, -0.2) is 29.6 Å². The third kappa shape index (κ3) is 3.29. The molecule has 0 spiro atoms. The molecule has 1 atom stereocenters. The Bertz CT molecular complexity index is 499. The molecule has 0 aromatic heterocycles. The van der Waals surface area contributed by atoms with Gasteiger partial charge in [-0.1, -0.05) is 6.42 Å². The lowest BCUT2D eigenvalue weighted by molar-refractivity contribution is -0.118.